The standard InChI is InChI=1S/C43H56N6O8S/c1-41(2,3)26-44-36(50)34-22-29(21-33(45-34)27-13-9-8-10-14-27)57-30-23-35-37(51)47-43(40(54)48-58(55,56)31-17-18-31)24-28(43)15-11-6-5-7-12-16-32(38(52)49(35)25-30)46-39(53)42(4)19-20-42/h8-11,13-15,21-22,28,30-32,35H,5-7,12,16-20,23-26H2,1-4H3,(H,44,50)(H,46,53)(H,47,51)(H,48,54)/b15-11+/t28-,30-,32+,35+,43-/m1/s1. The second kappa shape index (κ2) is 16.1. The van der Waals surface area contributed by atoms with Crippen LogP contribution in [0.1, 0.15) is 109 Å². The second-order valence-corrected chi connectivity index (χ2v) is 20.2. The van der Waals surface area contributed by atoms with Crippen molar-refractivity contribution in [2.45, 2.75) is 127 Å². The zero-order valence-electron chi connectivity index (χ0n) is 33.8. The lowest BCUT2D eigenvalue weighted by molar-refractivity contribution is -0.143. The molecule has 58 heavy (non-hydrogen) atoms. The number of pyridine rings is 1. The van der Waals surface area contributed by atoms with Gasteiger partial charge in [0.2, 0.25) is 27.7 Å². The average Bonchev–Trinajstić information content (AvgIpc) is 4.12. The van der Waals surface area contributed by atoms with Gasteiger partial charge in [0.1, 0.15) is 35.2 Å². The van der Waals surface area contributed by atoms with Crippen LogP contribution in [0.15, 0.2) is 54.6 Å². The second-order valence-electron chi connectivity index (χ2n) is 18.3. The summed E-state index contributed by atoms with van der Waals surface area (Å²) in [5.41, 5.74) is -0.823. The Morgan fingerprint density at radius 2 is 1.74 bits per heavy atom. The van der Waals surface area contributed by atoms with E-state index in [1.807, 2.05) is 70.2 Å². The molecule has 3 aliphatic carbocycles. The molecule has 0 bridgehead atoms. The number of ether oxygens (including phenoxy) is 1. The SMILES string of the molecule is CC(C)(C)CNC(=O)c1cc(O[C@@H]2C[C@H]3C(=O)N[C@]4(C(=O)NS(=O)(=O)C5CC5)C[C@H]4/C=C/CCCCC[C@H](NC(=O)C4(C)CC4)C(=O)N3C2)cc(-c2ccccc2)n1. The summed E-state index contributed by atoms with van der Waals surface area (Å²) in [5, 5.41) is 8.22. The number of rotatable bonds is 10. The van der Waals surface area contributed by atoms with Crippen LogP contribution in [-0.2, 0) is 29.2 Å². The number of amides is 5. The molecule has 1 saturated heterocycles. The highest BCUT2D eigenvalue weighted by Gasteiger charge is 2.62. The number of fused-ring (bicyclic) bond motifs is 2. The third-order valence-corrected chi connectivity index (χ3v) is 13.7. The van der Waals surface area contributed by atoms with Gasteiger partial charge in [-0.1, -0.05) is 83.0 Å². The van der Waals surface area contributed by atoms with E-state index in [9.17, 15) is 32.4 Å². The Hall–Kier alpha value is -4.79. The lowest BCUT2D eigenvalue weighted by atomic mass is 9.97. The summed E-state index contributed by atoms with van der Waals surface area (Å²) < 4.78 is 34.6. The van der Waals surface area contributed by atoms with E-state index in [0.29, 0.717) is 50.1 Å². The first-order valence-electron chi connectivity index (χ1n) is 20.6. The lowest BCUT2D eigenvalue weighted by Crippen LogP contribution is -2.58. The predicted octanol–water partition coefficient (Wildman–Crippen LogP) is 4.16. The summed E-state index contributed by atoms with van der Waals surface area (Å²) in [5.74, 6) is -2.54. The molecule has 312 valence electrons. The van der Waals surface area contributed by atoms with Crippen LogP contribution in [0.4, 0.5) is 0 Å². The van der Waals surface area contributed by atoms with Gasteiger partial charge < -0.3 is 25.6 Å². The van der Waals surface area contributed by atoms with Crippen molar-refractivity contribution in [2.75, 3.05) is 13.1 Å². The Morgan fingerprint density at radius 1 is 1.00 bits per heavy atom. The highest BCUT2D eigenvalue weighted by Crippen LogP contribution is 2.47. The zero-order chi connectivity index (χ0) is 41.5. The zero-order valence-corrected chi connectivity index (χ0v) is 34.7. The number of aromatic nitrogens is 1. The van der Waals surface area contributed by atoms with Gasteiger partial charge in [0.25, 0.3) is 11.8 Å². The minimum atomic E-state index is -3.90. The number of hydrogen-bond acceptors (Lipinski definition) is 9. The summed E-state index contributed by atoms with van der Waals surface area (Å²) in [6.45, 7) is 8.30. The summed E-state index contributed by atoms with van der Waals surface area (Å²) in [7, 11) is -3.90. The van der Waals surface area contributed by atoms with E-state index in [0.717, 1.165) is 31.2 Å². The van der Waals surface area contributed by atoms with Crippen molar-refractivity contribution < 1.29 is 37.1 Å². The van der Waals surface area contributed by atoms with E-state index in [1.165, 1.54) is 4.90 Å². The van der Waals surface area contributed by atoms with E-state index in [-0.39, 0.29) is 42.3 Å². The van der Waals surface area contributed by atoms with Gasteiger partial charge in [0.15, 0.2) is 0 Å². The van der Waals surface area contributed by atoms with Gasteiger partial charge in [-0.25, -0.2) is 13.4 Å². The van der Waals surface area contributed by atoms with Crippen LogP contribution in [0.3, 0.4) is 0 Å². The van der Waals surface area contributed by atoms with Crippen LogP contribution in [0.5, 0.6) is 5.75 Å². The molecule has 5 atom stereocenters. The number of carbonyl (C=O) groups excluding carboxylic acids is 5. The van der Waals surface area contributed by atoms with Crippen molar-refractivity contribution >= 4 is 39.6 Å². The molecule has 0 unspecified atom stereocenters. The van der Waals surface area contributed by atoms with Gasteiger partial charge in [-0.05, 0) is 56.8 Å². The van der Waals surface area contributed by atoms with E-state index < -0.39 is 68.1 Å². The van der Waals surface area contributed by atoms with Crippen LogP contribution in [0.25, 0.3) is 11.3 Å². The lowest BCUT2D eigenvalue weighted by Gasteiger charge is -2.30. The van der Waals surface area contributed by atoms with Gasteiger partial charge in [-0.15, -0.1) is 0 Å². The molecule has 4 fully saturated rings. The molecule has 15 heteroatoms. The molecular formula is C43H56N6O8S. The van der Waals surface area contributed by atoms with Crippen LogP contribution in [0, 0.1) is 16.7 Å². The fourth-order valence-corrected chi connectivity index (χ4v) is 9.03. The van der Waals surface area contributed by atoms with Crippen molar-refractivity contribution in [3.05, 3.63) is 60.3 Å². The van der Waals surface area contributed by atoms with Crippen molar-refractivity contribution in [3.8, 4) is 17.0 Å². The number of benzene rings is 1. The van der Waals surface area contributed by atoms with E-state index in [2.05, 4.69) is 25.7 Å². The van der Waals surface area contributed by atoms with E-state index in [4.69, 9.17) is 4.74 Å². The first-order chi connectivity index (χ1) is 27.5. The average molecular weight is 817 g/mol. The fraction of sp³-hybridized carbons (Fsp3) is 0.581. The van der Waals surface area contributed by atoms with Gasteiger partial charge in [0, 0.05) is 42.0 Å². The quantitative estimate of drug-likeness (QED) is 0.255. The van der Waals surface area contributed by atoms with E-state index >= 15 is 0 Å². The van der Waals surface area contributed by atoms with Gasteiger partial charge >= 0.3 is 0 Å². The first kappa shape index (κ1) is 41.4. The Balaban J connectivity index is 1.19. The molecule has 5 aliphatic rings. The smallest absolute Gasteiger partial charge is 0.270 e. The molecule has 0 radical (unpaired) electrons. The summed E-state index contributed by atoms with van der Waals surface area (Å²) in [4.78, 5) is 75.8. The maximum absolute atomic E-state index is 14.6. The van der Waals surface area contributed by atoms with Gasteiger partial charge in [-0.3, -0.25) is 28.7 Å². The van der Waals surface area contributed by atoms with Gasteiger partial charge in [-0.2, -0.15) is 0 Å². The topological polar surface area (TPSA) is 193 Å². The van der Waals surface area contributed by atoms with Crippen LogP contribution < -0.4 is 25.4 Å². The molecule has 1 aromatic heterocycles. The fourth-order valence-electron chi connectivity index (χ4n) is 7.67. The monoisotopic (exact) mass is 816 g/mol. The molecule has 3 heterocycles. The molecule has 14 nitrogen and oxygen atoms in total. The molecule has 2 aromatic rings. The number of nitrogens with one attached hydrogen (secondary N) is 4. The molecule has 0 spiro atoms. The van der Waals surface area contributed by atoms with Crippen LogP contribution in [-0.4, -0.2) is 89.9 Å². The van der Waals surface area contributed by atoms with Crippen LogP contribution in [0.2, 0.25) is 0 Å². The Kier molecular flexibility index (Phi) is 11.5. The van der Waals surface area contributed by atoms with Crippen molar-refractivity contribution in [3.63, 3.8) is 0 Å². The number of sulfonamides is 1. The molecule has 2 aliphatic heterocycles. The number of allylic oxidation sites excluding steroid dienone is 1. The van der Waals surface area contributed by atoms with Crippen LogP contribution >= 0.6 is 0 Å². The molecule has 5 amide bonds. The molecular weight excluding hydrogens is 761 g/mol. The Bertz CT molecular complexity index is 2080. The van der Waals surface area contributed by atoms with Crippen molar-refractivity contribution in [2.24, 2.45) is 16.7 Å². The summed E-state index contributed by atoms with van der Waals surface area (Å²) in [6, 6.07) is 10.6. The minimum Gasteiger partial charge on any atom is -0.488 e. The first-order valence-corrected chi connectivity index (χ1v) is 22.2. The Labute approximate surface area is 340 Å². The molecule has 3 saturated carbocycles. The minimum absolute atomic E-state index is 0.0201. The van der Waals surface area contributed by atoms with Crippen molar-refractivity contribution in [1.82, 2.24) is 30.6 Å². The number of carbonyl (C=O) groups is 5. The van der Waals surface area contributed by atoms with Gasteiger partial charge in [0.05, 0.1) is 17.5 Å². The molecule has 4 N–H and O–H groups in total. The summed E-state index contributed by atoms with van der Waals surface area (Å²) >= 11 is 0. The highest BCUT2D eigenvalue weighted by molar-refractivity contribution is 7.91. The number of hydrogen-bond donors (Lipinski definition) is 4. The third-order valence-electron chi connectivity index (χ3n) is 11.9. The predicted molar refractivity (Wildman–Crippen MR) is 217 cm³/mol. The molecule has 1 aromatic carbocycles. The molecule has 7 rings (SSSR count). The largest absolute Gasteiger partial charge is 0.488 e. The van der Waals surface area contributed by atoms with E-state index in [1.54, 1.807) is 12.1 Å². The maximum atomic E-state index is 14.6. The number of nitrogens with zero attached hydrogens (tertiary/aromatic N) is 2. The highest BCUT2D eigenvalue weighted by atomic mass is 32.2. The summed E-state index contributed by atoms with van der Waals surface area (Å²) in [6.07, 6.45) is 9.09. The van der Waals surface area contributed by atoms with Crippen molar-refractivity contribution in [1.29, 1.82) is 0 Å². The normalized spacial score (nSPS) is 27.7. The maximum Gasteiger partial charge on any atom is 0.270 e. The Morgan fingerprint density at radius 3 is 2.43 bits per heavy atom. The third kappa shape index (κ3) is 9.56.